The highest BCUT2D eigenvalue weighted by molar-refractivity contribution is 7.91. The predicted octanol–water partition coefficient (Wildman–Crippen LogP) is 2.36. The summed E-state index contributed by atoms with van der Waals surface area (Å²) < 4.78 is 37.8. The van der Waals surface area contributed by atoms with Gasteiger partial charge in [0, 0.05) is 11.1 Å². The van der Waals surface area contributed by atoms with Gasteiger partial charge in [0.05, 0.1) is 21.0 Å². The third-order valence-electron chi connectivity index (χ3n) is 5.48. The molecule has 1 saturated heterocycles. The van der Waals surface area contributed by atoms with Crippen molar-refractivity contribution in [3.63, 3.8) is 0 Å². The Hall–Kier alpha value is -1.96. The van der Waals surface area contributed by atoms with Gasteiger partial charge >= 0.3 is 7.12 Å². The van der Waals surface area contributed by atoms with Crippen LogP contribution in [-0.4, -0.2) is 32.5 Å². The lowest BCUT2D eigenvalue weighted by Crippen LogP contribution is -2.41. The number of hydrogen-bond acceptors (Lipinski definition) is 5. The zero-order valence-corrected chi connectivity index (χ0v) is 15.9. The Morgan fingerprint density at radius 2 is 1.42 bits per heavy atom. The van der Waals surface area contributed by atoms with Crippen LogP contribution in [0.3, 0.4) is 0 Å². The van der Waals surface area contributed by atoms with E-state index in [0.717, 1.165) is 0 Å². The average Bonchev–Trinajstić information content (AvgIpc) is 2.80. The topological polar surface area (TPSA) is 69.7 Å². The van der Waals surface area contributed by atoms with Gasteiger partial charge in [-0.2, -0.15) is 0 Å². The molecule has 0 spiro atoms. The van der Waals surface area contributed by atoms with Crippen LogP contribution in [0.1, 0.15) is 43.6 Å². The van der Waals surface area contributed by atoms with Crippen molar-refractivity contribution in [2.24, 2.45) is 0 Å². The van der Waals surface area contributed by atoms with Crippen molar-refractivity contribution in [3.8, 4) is 0 Å². The number of ketones is 1. The van der Waals surface area contributed by atoms with Gasteiger partial charge in [0.2, 0.25) is 9.84 Å². The van der Waals surface area contributed by atoms with Gasteiger partial charge in [0.1, 0.15) is 0 Å². The molecule has 2 aliphatic rings. The van der Waals surface area contributed by atoms with E-state index < -0.39 is 28.2 Å². The van der Waals surface area contributed by atoms with Crippen LogP contribution in [0.2, 0.25) is 0 Å². The van der Waals surface area contributed by atoms with Crippen molar-refractivity contribution in [1.82, 2.24) is 0 Å². The van der Waals surface area contributed by atoms with Gasteiger partial charge in [-0.05, 0) is 57.4 Å². The highest BCUT2D eigenvalue weighted by Gasteiger charge is 2.52. The molecule has 0 atom stereocenters. The Morgan fingerprint density at radius 3 is 2.08 bits per heavy atom. The molecule has 0 unspecified atom stereocenters. The maximum atomic E-state index is 12.9. The first-order valence-corrected chi connectivity index (χ1v) is 9.91. The molecule has 5 nitrogen and oxygen atoms in total. The minimum atomic E-state index is -3.72. The van der Waals surface area contributed by atoms with Gasteiger partial charge in [-0.1, -0.05) is 18.2 Å². The largest absolute Gasteiger partial charge is 0.494 e. The fourth-order valence-electron chi connectivity index (χ4n) is 3.24. The van der Waals surface area contributed by atoms with Crippen LogP contribution in [0, 0.1) is 0 Å². The summed E-state index contributed by atoms with van der Waals surface area (Å²) in [5, 5.41) is 0. The van der Waals surface area contributed by atoms with Crippen molar-refractivity contribution in [2.75, 3.05) is 0 Å². The molecule has 4 rings (SSSR count). The van der Waals surface area contributed by atoms with E-state index in [1.807, 2.05) is 27.7 Å². The molecule has 0 saturated carbocycles. The lowest BCUT2D eigenvalue weighted by molar-refractivity contribution is 0.00578. The first kappa shape index (κ1) is 17.5. The Balaban J connectivity index is 1.83. The van der Waals surface area contributed by atoms with Gasteiger partial charge in [-0.15, -0.1) is 0 Å². The van der Waals surface area contributed by atoms with Crippen LogP contribution in [0.25, 0.3) is 0 Å². The number of benzene rings is 2. The van der Waals surface area contributed by atoms with Crippen LogP contribution in [-0.2, 0) is 19.1 Å². The number of fused-ring (bicyclic) bond motifs is 2. The van der Waals surface area contributed by atoms with Gasteiger partial charge in [0.25, 0.3) is 0 Å². The fraction of sp³-hybridized carbons (Fsp3) is 0.316. The summed E-state index contributed by atoms with van der Waals surface area (Å²) in [4.78, 5) is 13.0. The highest BCUT2D eigenvalue weighted by atomic mass is 32.2. The minimum absolute atomic E-state index is 0.0291. The summed E-state index contributed by atoms with van der Waals surface area (Å²) in [5.74, 6) is -0.302. The second-order valence-corrected chi connectivity index (χ2v) is 9.56. The summed E-state index contributed by atoms with van der Waals surface area (Å²) in [7, 11) is -4.38. The van der Waals surface area contributed by atoms with Gasteiger partial charge in [-0.25, -0.2) is 8.42 Å². The SMILES string of the molecule is CC1(C)OB(c2ccc3c(c2)C(=O)c2ccccc2S3(=O)=O)OC1(C)C. The van der Waals surface area contributed by atoms with Gasteiger partial charge in [0.15, 0.2) is 5.78 Å². The van der Waals surface area contributed by atoms with E-state index in [-0.39, 0.29) is 26.7 Å². The molecule has 1 fully saturated rings. The number of hydrogen-bond donors (Lipinski definition) is 0. The van der Waals surface area contributed by atoms with Crippen LogP contribution >= 0.6 is 0 Å². The van der Waals surface area contributed by atoms with E-state index in [0.29, 0.717) is 5.46 Å². The standard InChI is InChI=1S/C19H19BO5S/c1-18(2)19(3,4)25-20(24-18)12-9-10-16-14(11-12)17(21)13-7-5-6-8-15(13)26(16,22)23/h5-11H,1-4H3. The Kier molecular flexibility index (Phi) is 3.55. The molecule has 7 heteroatoms. The summed E-state index contributed by atoms with van der Waals surface area (Å²) in [6.45, 7) is 7.77. The molecule has 0 aliphatic carbocycles. The lowest BCUT2D eigenvalue weighted by Gasteiger charge is -2.32. The molecule has 2 aliphatic heterocycles. The molecule has 26 heavy (non-hydrogen) atoms. The summed E-state index contributed by atoms with van der Waals surface area (Å²) in [6, 6.07) is 11.0. The first-order valence-electron chi connectivity index (χ1n) is 8.43. The van der Waals surface area contributed by atoms with Crippen LogP contribution < -0.4 is 5.46 Å². The second-order valence-electron chi connectivity index (χ2n) is 7.67. The number of carbonyl (C=O) groups is 1. The van der Waals surface area contributed by atoms with E-state index in [1.54, 1.807) is 30.3 Å². The van der Waals surface area contributed by atoms with Crippen molar-refractivity contribution >= 4 is 28.2 Å². The molecular weight excluding hydrogens is 351 g/mol. The molecule has 0 amide bonds. The number of sulfone groups is 1. The molecular formula is C19H19BO5S. The van der Waals surface area contributed by atoms with Crippen LogP contribution in [0.5, 0.6) is 0 Å². The summed E-state index contributed by atoms with van der Waals surface area (Å²) in [6.07, 6.45) is 0. The zero-order chi connectivity index (χ0) is 18.9. The van der Waals surface area contributed by atoms with Crippen molar-refractivity contribution in [2.45, 2.75) is 48.7 Å². The van der Waals surface area contributed by atoms with E-state index in [9.17, 15) is 13.2 Å². The van der Waals surface area contributed by atoms with E-state index in [1.165, 1.54) is 12.1 Å². The summed E-state index contributed by atoms with van der Waals surface area (Å²) in [5.41, 5.74) is -0.0423. The fourth-order valence-corrected chi connectivity index (χ4v) is 4.87. The maximum absolute atomic E-state index is 12.9. The third-order valence-corrected chi connectivity index (χ3v) is 7.35. The Labute approximate surface area is 153 Å². The monoisotopic (exact) mass is 370 g/mol. The Morgan fingerprint density at radius 1 is 0.846 bits per heavy atom. The van der Waals surface area contributed by atoms with E-state index in [2.05, 4.69) is 0 Å². The average molecular weight is 370 g/mol. The van der Waals surface area contributed by atoms with Gasteiger partial charge in [-0.3, -0.25) is 4.79 Å². The number of rotatable bonds is 1. The van der Waals surface area contributed by atoms with Crippen molar-refractivity contribution in [3.05, 3.63) is 53.6 Å². The third kappa shape index (κ3) is 2.31. The molecule has 134 valence electrons. The number of carbonyl (C=O) groups excluding carboxylic acids is 1. The quantitative estimate of drug-likeness (QED) is 0.615. The zero-order valence-electron chi connectivity index (χ0n) is 15.1. The van der Waals surface area contributed by atoms with Crippen LogP contribution in [0.4, 0.5) is 0 Å². The molecule has 2 heterocycles. The normalized spacial score (nSPS) is 22.0. The second kappa shape index (κ2) is 5.28. The van der Waals surface area contributed by atoms with Crippen molar-refractivity contribution in [1.29, 1.82) is 0 Å². The molecule has 0 N–H and O–H groups in total. The lowest BCUT2D eigenvalue weighted by atomic mass is 9.78. The van der Waals surface area contributed by atoms with Crippen LogP contribution in [0.15, 0.2) is 52.3 Å². The smallest absolute Gasteiger partial charge is 0.399 e. The van der Waals surface area contributed by atoms with Crippen molar-refractivity contribution < 1.29 is 22.5 Å². The molecule has 0 radical (unpaired) electrons. The predicted molar refractivity (Wildman–Crippen MR) is 97.5 cm³/mol. The van der Waals surface area contributed by atoms with E-state index in [4.69, 9.17) is 9.31 Å². The summed E-state index contributed by atoms with van der Waals surface area (Å²) >= 11 is 0. The molecule has 0 bridgehead atoms. The Bertz CT molecular complexity index is 1020. The molecule has 0 aromatic heterocycles. The minimum Gasteiger partial charge on any atom is -0.399 e. The maximum Gasteiger partial charge on any atom is 0.494 e. The van der Waals surface area contributed by atoms with E-state index >= 15 is 0 Å². The first-order chi connectivity index (χ1) is 12.0. The molecule has 2 aromatic rings. The highest BCUT2D eigenvalue weighted by Crippen LogP contribution is 2.38. The molecule has 2 aromatic carbocycles. The van der Waals surface area contributed by atoms with Gasteiger partial charge < -0.3 is 9.31 Å².